The smallest absolute Gasteiger partial charge is 0.186 e. The Labute approximate surface area is 205 Å². The van der Waals surface area contributed by atoms with Crippen molar-refractivity contribution in [3.05, 3.63) is 95.1 Å². The molecular formula is C30H37N3O. The van der Waals surface area contributed by atoms with Gasteiger partial charge in [0.15, 0.2) is 5.78 Å². The lowest BCUT2D eigenvalue weighted by molar-refractivity contribution is 0.104. The van der Waals surface area contributed by atoms with Gasteiger partial charge in [-0.25, -0.2) is 0 Å². The molecule has 0 heterocycles. The summed E-state index contributed by atoms with van der Waals surface area (Å²) < 4.78 is 0. The highest BCUT2D eigenvalue weighted by Gasteiger charge is 2.12. The van der Waals surface area contributed by atoms with Gasteiger partial charge in [0.25, 0.3) is 0 Å². The highest BCUT2D eigenvalue weighted by molar-refractivity contribution is 6.08. The minimum atomic E-state index is 0.0284. The van der Waals surface area contributed by atoms with E-state index in [0.29, 0.717) is 0 Å². The SMILES string of the molecule is Cc1ccccc1-c1ccc(N(C)CCN(C)C)c(C=CC(=O)c2ccccc2CN(C)C)c1. The fourth-order valence-electron chi connectivity index (χ4n) is 4.06. The Kier molecular flexibility index (Phi) is 8.80. The second kappa shape index (κ2) is 11.8. The molecule has 4 nitrogen and oxygen atoms in total. The second-order valence-electron chi connectivity index (χ2n) is 9.41. The zero-order chi connectivity index (χ0) is 24.7. The van der Waals surface area contributed by atoms with Gasteiger partial charge in [-0.3, -0.25) is 4.79 Å². The zero-order valence-corrected chi connectivity index (χ0v) is 21.4. The van der Waals surface area contributed by atoms with Crippen LogP contribution in [0.2, 0.25) is 0 Å². The van der Waals surface area contributed by atoms with E-state index >= 15 is 0 Å². The number of carbonyl (C=O) groups is 1. The first-order chi connectivity index (χ1) is 16.3. The van der Waals surface area contributed by atoms with E-state index in [0.717, 1.165) is 47.6 Å². The maximum atomic E-state index is 13.2. The Bertz CT molecular complexity index is 1150. The summed E-state index contributed by atoms with van der Waals surface area (Å²) in [6, 6.07) is 22.8. The average Bonchev–Trinajstić information content (AvgIpc) is 2.81. The molecule has 0 atom stereocenters. The molecule has 0 aliphatic carbocycles. The monoisotopic (exact) mass is 455 g/mol. The highest BCUT2D eigenvalue weighted by atomic mass is 16.1. The molecule has 0 aliphatic heterocycles. The number of benzene rings is 3. The lowest BCUT2D eigenvalue weighted by atomic mass is 9.97. The molecule has 0 aliphatic rings. The lowest BCUT2D eigenvalue weighted by Gasteiger charge is -2.24. The van der Waals surface area contributed by atoms with Crippen LogP contribution in [0.1, 0.15) is 27.0 Å². The summed E-state index contributed by atoms with van der Waals surface area (Å²) in [5, 5.41) is 0. The van der Waals surface area contributed by atoms with E-state index in [2.05, 4.69) is 85.2 Å². The van der Waals surface area contributed by atoms with Crippen LogP contribution in [0, 0.1) is 6.92 Å². The van der Waals surface area contributed by atoms with Crippen LogP contribution in [-0.2, 0) is 6.54 Å². The fourth-order valence-corrected chi connectivity index (χ4v) is 4.06. The van der Waals surface area contributed by atoms with Crippen molar-refractivity contribution in [1.82, 2.24) is 9.80 Å². The number of rotatable bonds is 10. The van der Waals surface area contributed by atoms with Gasteiger partial charge in [-0.1, -0.05) is 54.6 Å². The highest BCUT2D eigenvalue weighted by Crippen LogP contribution is 2.30. The van der Waals surface area contributed by atoms with Crippen LogP contribution >= 0.6 is 0 Å². The van der Waals surface area contributed by atoms with Gasteiger partial charge in [0.1, 0.15) is 0 Å². The van der Waals surface area contributed by atoms with Gasteiger partial charge in [-0.15, -0.1) is 0 Å². The van der Waals surface area contributed by atoms with E-state index in [1.807, 2.05) is 44.4 Å². The molecule has 0 N–H and O–H groups in total. The van der Waals surface area contributed by atoms with Gasteiger partial charge < -0.3 is 14.7 Å². The number of hydrogen-bond acceptors (Lipinski definition) is 4. The molecule has 0 fully saturated rings. The van der Waals surface area contributed by atoms with Crippen molar-refractivity contribution >= 4 is 17.5 Å². The van der Waals surface area contributed by atoms with Crippen molar-refractivity contribution in [2.24, 2.45) is 0 Å². The summed E-state index contributed by atoms with van der Waals surface area (Å²) in [5.41, 5.74) is 7.56. The summed E-state index contributed by atoms with van der Waals surface area (Å²) in [6.07, 6.45) is 3.69. The van der Waals surface area contributed by atoms with Crippen molar-refractivity contribution in [2.45, 2.75) is 13.5 Å². The van der Waals surface area contributed by atoms with E-state index in [9.17, 15) is 4.79 Å². The third-order valence-electron chi connectivity index (χ3n) is 5.96. The molecule has 0 aromatic heterocycles. The summed E-state index contributed by atoms with van der Waals surface area (Å²) in [5.74, 6) is 0.0284. The molecule has 3 aromatic rings. The molecule has 178 valence electrons. The van der Waals surface area contributed by atoms with E-state index < -0.39 is 0 Å². The third kappa shape index (κ3) is 6.66. The van der Waals surface area contributed by atoms with Crippen molar-refractivity contribution < 1.29 is 4.79 Å². The molecule has 0 amide bonds. The van der Waals surface area contributed by atoms with Crippen LogP contribution < -0.4 is 4.90 Å². The molecule has 0 saturated carbocycles. The zero-order valence-electron chi connectivity index (χ0n) is 21.4. The van der Waals surface area contributed by atoms with Gasteiger partial charge >= 0.3 is 0 Å². The molecule has 4 heteroatoms. The number of aryl methyl sites for hydroxylation is 1. The number of carbonyl (C=O) groups excluding carboxylic acids is 1. The number of hydrogen-bond donors (Lipinski definition) is 0. The standard InChI is InChI=1S/C30H37N3O/c1-23-11-7-9-13-27(23)24-15-17-29(33(6)20-19-31(2)3)25(21-24)16-18-30(34)28-14-10-8-12-26(28)22-32(4)5/h7-18,21H,19-20,22H2,1-6H3. The normalized spacial score (nSPS) is 11.5. The van der Waals surface area contributed by atoms with Crippen LogP contribution in [0.3, 0.4) is 0 Å². The molecule has 0 saturated heterocycles. The first-order valence-electron chi connectivity index (χ1n) is 11.8. The molecule has 3 rings (SSSR count). The molecule has 0 unspecified atom stereocenters. The van der Waals surface area contributed by atoms with Crippen LogP contribution in [-0.4, -0.2) is 63.9 Å². The van der Waals surface area contributed by atoms with Crippen LogP contribution in [0.4, 0.5) is 5.69 Å². The summed E-state index contributed by atoms with van der Waals surface area (Å²) in [4.78, 5) is 19.7. The van der Waals surface area contributed by atoms with E-state index in [-0.39, 0.29) is 5.78 Å². The fraction of sp³-hybridized carbons (Fsp3) is 0.300. The minimum absolute atomic E-state index is 0.0284. The van der Waals surface area contributed by atoms with Gasteiger partial charge in [0, 0.05) is 37.9 Å². The second-order valence-corrected chi connectivity index (χ2v) is 9.41. The van der Waals surface area contributed by atoms with Gasteiger partial charge in [-0.05, 0) is 87.2 Å². The van der Waals surface area contributed by atoms with Crippen LogP contribution in [0.5, 0.6) is 0 Å². The van der Waals surface area contributed by atoms with Crippen molar-refractivity contribution in [3.8, 4) is 11.1 Å². The third-order valence-corrected chi connectivity index (χ3v) is 5.96. The molecule has 34 heavy (non-hydrogen) atoms. The average molecular weight is 456 g/mol. The van der Waals surface area contributed by atoms with E-state index in [1.165, 1.54) is 11.1 Å². The van der Waals surface area contributed by atoms with Crippen LogP contribution in [0.15, 0.2) is 72.8 Å². The van der Waals surface area contributed by atoms with Gasteiger partial charge in [-0.2, -0.15) is 0 Å². The quantitative estimate of drug-likeness (QED) is 0.293. The first kappa shape index (κ1) is 25.4. The Morgan fingerprint density at radius 2 is 1.53 bits per heavy atom. The Morgan fingerprint density at radius 3 is 2.24 bits per heavy atom. The number of anilines is 1. The molecule has 0 spiro atoms. The largest absolute Gasteiger partial charge is 0.373 e. The number of ketones is 1. The predicted octanol–water partition coefficient (Wildman–Crippen LogP) is 5.62. The Balaban J connectivity index is 1.98. The molecular weight excluding hydrogens is 418 g/mol. The van der Waals surface area contributed by atoms with Crippen LogP contribution in [0.25, 0.3) is 17.2 Å². The van der Waals surface area contributed by atoms with E-state index in [4.69, 9.17) is 0 Å². The minimum Gasteiger partial charge on any atom is -0.373 e. The van der Waals surface area contributed by atoms with Crippen molar-refractivity contribution in [2.75, 3.05) is 53.2 Å². The van der Waals surface area contributed by atoms with E-state index in [1.54, 1.807) is 6.08 Å². The molecule has 0 bridgehead atoms. The summed E-state index contributed by atoms with van der Waals surface area (Å²) >= 11 is 0. The molecule has 0 radical (unpaired) electrons. The summed E-state index contributed by atoms with van der Waals surface area (Å²) in [7, 11) is 10.3. The molecule has 3 aromatic carbocycles. The number of nitrogens with zero attached hydrogens (tertiary/aromatic N) is 3. The lowest BCUT2D eigenvalue weighted by Crippen LogP contribution is -2.28. The summed E-state index contributed by atoms with van der Waals surface area (Å²) in [6.45, 7) is 4.72. The number of allylic oxidation sites excluding steroid dienone is 1. The van der Waals surface area contributed by atoms with Crippen molar-refractivity contribution in [1.29, 1.82) is 0 Å². The Morgan fingerprint density at radius 1 is 0.824 bits per heavy atom. The van der Waals surface area contributed by atoms with Gasteiger partial charge in [0.05, 0.1) is 0 Å². The first-order valence-corrected chi connectivity index (χ1v) is 11.8. The maximum Gasteiger partial charge on any atom is 0.186 e. The number of likely N-dealkylation sites (N-methyl/N-ethyl adjacent to an activating group) is 2. The topological polar surface area (TPSA) is 26.8 Å². The Hall–Kier alpha value is -3.21. The maximum absolute atomic E-state index is 13.2. The van der Waals surface area contributed by atoms with Crippen molar-refractivity contribution in [3.63, 3.8) is 0 Å². The van der Waals surface area contributed by atoms with Gasteiger partial charge in [0.2, 0.25) is 0 Å². The predicted molar refractivity (Wildman–Crippen MR) is 146 cm³/mol.